The molecule has 166 valence electrons. The number of hydrogen-bond donors (Lipinski definition) is 1. The van der Waals surface area contributed by atoms with E-state index in [2.05, 4.69) is 48.7 Å². The molecular formula is C25H29N5O2. The second-order valence-corrected chi connectivity index (χ2v) is 8.81. The summed E-state index contributed by atoms with van der Waals surface area (Å²) >= 11 is 0. The van der Waals surface area contributed by atoms with E-state index in [1.165, 1.54) is 4.68 Å². The SMILES string of the molecule is CC(C)[C@@H](NC(=O)Cc1nn(C)c(=O)c2ccccc12)c1nc2ccccc2n1C(C)C. The lowest BCUT2D eigenvalue weighted by molar-refractivity contribution is -0.121. The smallest absolute Gasteiger partial charge is 0.274 e. The highest BCUT2D eigenvalue weighted by molar-refractivity contribution is 5.88. The van der Waals surface area contributed by atoms with E-state index in [1.54, 1.807) is 13.1 Å². The third-order valence-electron chi connectivity index (χ3n) is 5.76. The molecule has 1 amide bonds. The number of benzene rings is 2. The van der Waals surface area contributed by atoms with Crippen LogP contribution in [0.5, 0.6) is 0 Å². The number of nitrogens with zero attached hydrogens (tertiary/aromatic N) is 4. The van der Waals surface area contributed by atoms with Crippen molar-refractivity contribution in [1.29, 1.82) is 0 Å². The summed E-state index contributed by atoms with van der Waals surface area (Å²) in [7, 11) is 1.61. The van der Waals surface area contributed by atoms with Gasteiger partial charge in [0.1, 0.15) is 5.82 Å². The summed E-state index contributed by atoms with van der Waals surface area (Å²) < 4.78 is 3.49. The van der Waals surface area contributed by atoms with Crippen molar-refractivity contribution in [1.82, 2.24) is 24.6 Å². The molecular weight excluding hydrogens is 402 g/mol. The van der Waals surface area contributed by atoms with E-state index < -0.39 is 0 Å². The highest BCUT2D eigenvalue weighted by Gasteiger charge is 2.26. The Bertz CT molecular complexity index is 1350. The van der Waals surface area contributed by atoms with Gasteiger partial charge in [0, 0.05) is 18.5 Å². The Morgan fingerprint density at radius 1 is 1.00 bits per heavy atom. The molecule has 4 aromatic rings. The number of hydrogen-bond acceptors (Lipinski definition) is 4. The molecule has 7 heteroatoms. The number of para-hydroxylation sites is 2. The fraction of sp³-hybridized carbons (Fsp3) is 0.360. The zero-order valence-corrected chi connectivity index (χ0v) is 19.2. The number of rotatable bonds is 6. The summed E-state index contributed by atoms with van der Waals surface area (Å²) in [5.41, 5.74) is 2.39. The molecule has 0 radical (unpaired) electrons. The third kappa shape index (κ3) is 3.90. The van der Waals surface area contributed by atoms with Gasteiger partial charge in [-0.2, -0.15) is 5.10 Å². The van der Waals surface area contributed by atoms with Crippen LogP contribution >= 0.6 is 0 Å². The van der Waals surface area contributed by atoms with Crippen LogP contribution in [0, 0.1) is 5.92 Å². The largest absolute Gasteiger partial charge is 0.346 e. The van der Waals surface area contributed by atoms with Gasteiger partial charge >= 0.3 is 0 Å². The van der Waals surface area contributed by atoms with Crippen LogP contribution in [0.15, 0.2) is 53.3 Å². The van der Waals surface area contributed by atoms with Gasteiger partial charge in [0.05, 0.1) is 34.6 Å². The van der Waals surface area contributed by atoms with Gasteiger partial charge in [0.15, 0.2) is 0 Å². The molecule has 1 N–H and O–H groups in total. The lowest BCUT2D eigenvalue weighted by Gasteiger charge is -2.25. The van der Waals surface area contributed by atoms with Gasteiger partial charge in [0.2, 0.25) is 5.91 Å². The Morgan fingerprint density at radius 2 is 1.66 bits per heavy atom. The van der Waals surface area contributed by atoms with E-state index in [9.17, 15) is 9.59 Å². The maximum Gasteiger partial charge on any atom is 0.274 e. The zero-order chi connectivity index (χ0) is 23.0. The first-order chi connectivity index (χ1) is 15.3. The number of imidazole rings is 1. The molecule has 0 fully saturated rings. The van der Waals surface area contributed by atoms with Crippen molar-refractivity contribution in [2.45, 2.75) is 46.2 Å². The fourth-order valence-electron chi connectivity index (χ4n) is 4.24. The van der Waals surface area contributed by atoms with E-state index in [4.69, 9.17) is 4.98 Å². The summed E-state index contributed by atoms with van der Waals surface area (Å²) in [5, 5.41) is 8.83. The predicted molar refractivity (Wildman–Crippen MR) is 127 cm³/mol. The molecule has 1 atom stereocenters. The lowest BCUT2D eigenvalue weighted by atomic mass is 10.0. The molecule has 0 unspecified atom stereocenters. The first-order valence-electron chi connectivity index (χ1n) is 11.0. The van der Waals surface area contributed by atoms with E-state index in [0.717, 1.165) is 16.9 Å². The van der Waals surface area contributed by atoms with Crippen LogP contribution in [0.3, 0.4) is 0 Å². The second kappa shape index (κ2) is 8.57. The molecule has 0 saturated heterocycles. The van der Waals surface area contributed by atoms with Gasteiger partial charge in [-0.05, 0) is 38.0 Å². The number of amides is 1. The first kappa shape index (κ1) is 21.7. The highest BCUT2D eigenvalue weighted by Crippen LogP contribution is 2.29. The fourth-order valence-corrected chi connectivity index (χ4v) is 4.24. The quantitative estimate of drug-likeness (QED) is 0.502. The van der Waals surface area contributed by atoms with Crippen molar-refractivity contribution in [2.75, 3.05) is 0 Å². The summed E-state index contributed by atoms with van der Waals surface area (Å²) in [5.74, 6) is 0.836. The van der Waals surface area contributed by atoms with Gasteiger partial charge in [-0.25, -0.2) is 9.67 Å². The van der Waals surface area contributed by atoms with Crippen LogP contribution < -0.4 is 10.9 Å². The highest BCUT2D eigenvalue weighted by atomic mass is 16.2. The summed E-state index contributed by atoms with van der Waals surface area (Å²) in [4.78, 5) is 30.4. The van der Waals surface area contributed by atoms with Crippen molar-refractivity contribution in [2.24, 2.45) is 13.0 Å². The Kier molecular flexibility index (Phi) is 5.82. The average Bonchev–Trinajstić information content (AvgIpc) is 3.15. The standard InChI is InChI=1S/C25H29N5O2/c1-15(2)23(24-26-19-12-8-9-13-21(19)30(24)16(3)4)27-22(31)14-20-17-10-6-7-11-18(17)25(32)29(5)28-20/h6-13,15-16,23H,14H2,1-5H3,(H,27,31)/t23-/m1/s1. The van der Waals surface area contributed by atoms with Crippen LogP contribution in [0.2, 0.25) is 0 Å². The Morgan fingerprint density at radius 3 is 2.34 bits per heavy atom. The minimum Gasteiger partial charge on any atom is -0.346 e. The molecule has 0 aliphatic heterocycles. The lowest BCUT2D eigenvalue weighted by Crippen LogP contribution is -2.35. The molecule has 0 aliphatic rings. The molecule has 7 nitrogen and oxygen atoms in total. The Hall–Kier alpha value is -3.48. The monoisotopic (exact) mass is 431 g/mol. The number of aryl methyl sites for hydroxylation is 1. The Labute approximate surface area is 187 Å². The van der Waals surface area contributed by atoms with E-state index in [1.807, 2.05) is 36.4 Å². The van der Waals surface area contributed by atoms with Crippen LogP contribution in [0.1, 0.15) is 51.3 Å². The predicted octanol–water partition coefficient (Wildman–Crippen LogP) is 3.92. The van der Waals surface area contributed by atoms with Crippen molar-refractivity contribution >= 4 is 27.7 Å². The van der Waals surface area contributed by atoms with Crippen molar-refractivity contribution in [3.63, 3.8) is 0 Å². The minimum absolute atomic E-state index is 0.0831. The van der Waals surface area contributed by atoms with Crippen molar-refractivity contribution < 1.29 is 4.79 Å². The third-order valence-corrected chi connectivity index (χ3v) is 5.76. The van der Waals surface area contributed by atoms with Crippen LogP contribution in [0.4, 0.5) is 0 Å². The van der Waals surface area contributed by atoms with Crippen molar-refractivity contribution in [3.8, 4) is 0 Å². The molecule has 0 bridgehead atoms. The first-order valence-corrected chi connectivity index (χ1v) is 11.0. The Balaban J connectivity index is 1.69. The molecule has 2 aromatic carbocycles. The number of fused-ring (bicyclic) bond motifs is 2. The van der Waals surface area contributed by atoms with E-state index >= 15 is 0 Å². The second-order valence-electron chi connectivity index (χ2n) is 8.81. The van der Waals surface area contributed by atoms with Gasteiger partial charge in [-0.15, -0.1) is 0 Å². The van der Waals surface area contributed by atoms with Gasteiger partial charge in [-0.3, -0.25) is 9.59 Å². The number of nitrogens with one attached hydrogen (secondary N) is 1. The van der Waals surface area contributed by atoms with Gasteiger partial charge < -0.3 is 9.88 Å². The van der Waals surface area contributed by atoms with E-state index in [0.29, 0.717) is 16.5 Å². The molecule has 0 saturated carbocycles. The normalized spacial score (nSPS) is 12.7. The molecule has 0 spiro atoms. The molecule has 4 rings (SSSR count). The van der Waals surface area contributed by atoms with Gasteiger partial charge in [0.25, 0.3) is 5.56 Å². The maximum atomic E-state index is 13.2. The van der Waals surface area contributed by atoms with Crippen LogP contribution in [-0.2, 0) is 18.3 Å². The summed E-state index contributed by atoms with van der Waals surface area (Å²) in [6.45, 7) is 8.40. The molecule has 32 heavy (non-hydrogen) atoms. The molecule has 0 aliphatic carbocycles. The van der Waals surface area contributed by atoms with Gasteiger partial charge in [-0.1, -0.05) is 44.2 Å². The minimum atomic E-state index is -0.254. The number of carbonyl (C=O) groups excluding carboxylic acids is 1. The average molecular weight is 432 g/mol. The van der Waals surface area contributed by atoms with Crippen LogP contribution in [0.25, 0.3) is 21.8 Å². The number of aromatic nitrogens is 4. The summed E-state index contributed by atoms with van der Waals surface area (Å²) in [6.07, 6.45) is 0.0831. The summed E-state index contributed by atoms with van der Waals surface area (Å²) in [6, 6.07) is 15.3. The maximum absolute atomic E-state index is 13.2. The van der Waals surface area contributed by atoms with E-state index in [-0.39, 0.29) is 35.9 Å². The van der Waals surface area contributed by atoms with Crippen LogP contribution in [-0.4, -0.2) is 25.2 Å². The topological polar surface area (TPSA) is 81.8 Å². The molecule has 2 heterocycles. The number of carbonyl (C=O) groups is 1. The molecule has 2 aromatic heterocycles. The van der Waals surface area contributed by atoms with Crippen molar-refractivity contribution in [3.05, 3.63) is 70.4 Å². The zero-order valence-electron chi connectivity index (χ0n) is 19.2.